The molecule has 1 aliphatic rings. The van der Waals surface area contributed by atoms with Crippen LogP contribution in [0.25, 0.3) is 0 Å². The standard InChI is InChI=1S/C20H16N2O7/c1-28-20(27)12-6-8-13(9-7-12)21-16(23)11-29-17(24)10-22-18(25)14-4-2-3-5-15(14)19(22)26/h2-9H,10-11H2,1H3,(H,21,23). The Hall–Kier alpha value is -4.01. The second kappa shape index (κ2) is 8.34. The van der Waals surface area contributed by atoms with Gasteiger partial charge in [-0.1, -0.05) is 12.1 Å². The Morgan fingerprint density at radius 3 is 2.07 bits per heavy atom. The summed E-state index contributed by atoms with van der Waals surface area (Å²) in [4.78, 5) is 60.4. The second-order valence-electron chi connectivity index (χ2n) is 6.02. The SMILES string of the molecule is COC(=O)c1ccc(NC(=O)COC(=O)CN2C(=O)c3ccccc3C2=O)cc1. The van der Waals surface area contributed by atoms with Gasteiger partial charge in [-0.05, 0) is 36.4 Å². The van der Waals surface area contributed by atoms with Gasteiger partial charge in [0.1, 0.15) is 6.54 Å². The van der Waals surface area contributed by atoms with Crippen molar-refractivity contribution in [3.63, 3.8) is 0 Å². The lowest BCUT2D eigenvalue weighted by molar-refractivity contribution is -0.147. The van der Waals surface area contributed by atoms with Crippen molar-refractivity contribution in [2.45, 2.75) is 0 Å². The highest BCUT2D eigenvalue weighted by atomic mass is 16.5. The summed E-state index contributed by atoms with van der Waals surface area (Å²) in [7, 11) is 1.26. The third-order valence-electron chi connectivity index (χ3n) is 4.12. The number of hydrogen-bond acceptors (Lipinski definition) is 7. The number of carbonyl (C=O) groups excluding carboxylic acids is 5. The van der Waals surface area contributed by atoms with Crippen LogP contribution in [0.5, 0.6) is 0 Å². The third kappa shape index (κ3) is 4.29. The number of hydrogen-bond donors (Lipinski definition) is 1. The summed E-state index contributed by atoms with van der Waals surface area (Å²) in [5.74, 6) is -3.19. The fourth-order valence-electron chi connectivity index (χ4n) is 2.71. The summed E-state index contributed by atoms with van der Waals surface area (Å²) in [6, 6.07) is 12.2. The number of amides is 3. The Balaban J connectivity index is 1.50. The van der Waals surface area contributed by atoms with Crippen LogP contribution in [0.15, 0.2) is 48.5 Å². The number of fused-ring (bicyclic) bond motifs is 1. The van der Waals surface area contributed by atoms with Crippen molar-refractivity contribution in [1.82, 2.24) is 4.90 Å². The number of nitrogens with zero attached hydrogens (tertiary/aromatic N) is 1. The molecule has 2 aromatic carbocycles. The predicted molar refractivity (Wildman–Crippen MR) is 99.2 cm³/mol. The van der Waals surface area contributed by atoms with Crippen molar-refractivity contribution in [3.05, 3.63) is 65.2 Å². The molecule has 29 heavy (non-hydrogen) atoms. The average Bonchev–Trinajstić information content (AvgIpc) is 2.97. The number of methoxy groups -OCH3 is 1. The summed E-state index contributed by atoms with van der Waals surface area (Å²) in [5, 5.41) is 2.49. The second-order valence-corrected chi connectivity index (χ2v) is 6.02. The molecular formula is C20H16N2O7. The quantitative estimate of drug-likeness (QED) is 0.576. The molecule has 1 N–H and O–H groups in total. The number of ether oxygens (including phenoxy) is 2. The van der Waals surface area contributed by atoms with E-state index in [1.54, 1.807) is 12.1 Å². The van der Waals surface area contributed by atoms with Crippen LogP contribution in [-0.2, 0) is 19.1 Å². The molecule has 0 saturated heterocycles. The van der Waals surface area contributed by atoms with Crippen LogP contribution in [0.1, 0.15) is 31.1 Å². The van der Waals surface area contributed by atoms with Gasteiger partial charge in [-0.15, -0.1) is 0 Å². The Labute approximate surface area is 165 Å². The fraction of sp³-hybridized carbons (Fsp3) is 0.150. The van der Waals surface area contributed by atoms with E-state index in [0.717, 1.165) is 4.90 Å². The molecule has 3 amide bonds. The smallest absolute Gasteiger partial charge is 0.337 e. The molecule has 0 aromatic heterocycles. The molecule has 1 aliphatic heterocycles. The van der Waals surface area contributed by atoms with Crippen LogP contribution in [0.4, 0.5) is 5.69 Å². The molecule has 0 spiro atoms. The van der Waals surface area contributed by atoms with Crippen molar-refractivity contribution in [2.24, 2.45) is 0 Å². The van der Waals surface area contributed by atoms with Gasteiger partial charge < -0.3 is 14.8 Å². The first-order valence-corrected chi connectivity index (χ1v) is 8.50. The first-order valence-electron chi connectivity index (χ1n) is 8.50. The minimum Gasteiger partial charge on any atom is -0.465 e. The van der Waals surface area contributed by atoms with Gasteiger partial charge in [-0.2, -0.15) is 0 Å². The van der Waals surface area contributed by atoms with E-state index in [4.69, 9.17) is 4.74 Å². The summed E-state index contributed by atoms with van der Waals surface area (Å²) < 4.78 is 9.42. The number of imide groups is 1. The fourth-order valence-corrected chi connectivity index (χ4v) is 2.71. The van der Waals surface area contributed by atoms with E-state index in [-0.39, 0.29) is 11.1 Å². The number of carbonyl (C=O) groups is 5. The molecule has 0 saturated carbocycles. The van der Waals surface area contributed by atoms with Crippen LogP contribution >= 0.6 is 0 Å². The van der Waals surface area contributed by atoms with Crippen molar-refractivity contribution >= 4 is 35.3 Å². The molecular weight excluding hydrogens is 380 g/mol. The molecule has 3 rings (SSSR count). The number of nitrogens with one attached hydrogen (secondary N) is 1. The topological polar surface area (TPSA) is 119 Å². The highest BCUT2D eigenvalue weighted by Gasteiger charge is 2.36. The monoisotopic (exact) mass is 396 g/mol. The van der Waals surface area contributed by atoms with Crippen molar-refractivity contribution in [3.8, 4) is 0 Å². The molecule has 1 heterocycles. The summed E-state index contributed by atoms with van der Waals surface area (Å²) in [6.45, 7) is -1.19. The summed E-state index contributed by atoms with van der Waals surface area (Å²) >= 11 is 0. The first-order chi connectivity index (χ1) is 13.9. The van der Waals surface area contributed by atoms with Gasteiger partial charge in [0.05, 0.1) is 23.8 Å². The summed E-state index contributed by atoms with van der Waals surface area (Å²) in [5.41, 5.74) is 1.15. The third-order valence-corrected chi connectivity index (χ3v) is 4.12. The van der Waals surface area contributed by atoms with E-state index >= 15 is 0 Å². The lowest BCUT2D eigenvalue weighted by atomic mass is 10.1. The van der Waals surface area contributed by atoms with E-state index < -0.39 is 42.8 Å². The van der Waals surface area contributed by atoms with Gasteiger partial charge in [-0.25, -0.2) is 4.79 Å². The van der Waals surface area contributed by atoms with Gasteiger partial charge in [0.15, 0.2) is 6.61 Å². The van der Waals surface area contributed by atoms with Gasteiger partial charge in [0, 0.05) is 5.69 Å². The first kappa shape index (κ1) is 19.7. The van der Waals surface area contributed by atoms with Crippen LogP contribution < -0.4 is 5.32 Å². The van der Waals surface area contributed by atoms with Gasteiger partial charge in [-0.3, -0.25) is 24.1 Å². The molecule has 9 nitrogen and oxygen atoms in total. The zero-order valence-electron chi connectivity index (χ0n) is 15.3. The van der Waals surface area contributed by atoms with Gasteiger partial charge in [0.25, 0.3) is 17.7 Å². The number of esters is 2. The molecule has 2 aromatic rings. The predicted octanol–water partition coefficient (Wildman–Crippen LogP) is 1.25. The Kier molecular flexibility index (Phi) is 5.68. The van der Waals surface area contributed by atoms with Gasteiger partial charge in [0.2, 0.25) is 0 Å². The molecule has 0 atom stereocenters. The Morgan fingerprint density at radius 2 is 1.52 bits per heavy atom. The summed E-state index contributed by atoms with van der Waals surface area (Å²) in [6.07, 6.45) is 0. The lowest BCUT2D eigenvalue weighted by Crippen LogP contribution is -2.36. The van der Waals surface area contributed by atoms with Crippen LogP contribution in [-0.4, -0.2) is 54.8 Å². The maximum atomic E-state index is 12.2. The normalized spacial score (nSPS) is 12.4. The lowest BCUT2D eigenvalue weighted by Gasteiger charge is -2.13. The molecule has 0 unspecified atom stereocenters. The van der Waals surface area contributed by atoms with Crippen LogP contribution in [0.2, 0.25) is 0 Å². The van der Waals surface area contributed by atoms with E-state index in [2.05, 4.69) is 10.1 Å². The van der Waals surface area contributed by atoms with Crippen molar-refractivity contribution in [1.29, 1.82) is 0 Å². The number of benzene rings is 2. The average molecular weight is 396 g/mol. The van der Waals surface area contributed by atoms with Crippen LogP contribution in [0, 0.1) is 0 Å². The van der Waals surface area contributed by atoms with Crippen molar-refractivity contribution < 1.29 is 33.4 Å². The highest BCUT2D eigenvalue weighted by Crippen LogP contribution is 2.22. The number of anilines is 1. The maximum absolute atomic E-state index is 12.2. The molecule has 0 aliphatic carbocycles. The van der Waals surface area contributed by atoms with Crippen molar-refractivity contribution in [2.75, 3.05) is 25.6 Å². The zero-order chi connectivity index (χ0) is 21.0. The highest BCUT2D eigenvalue weighted by molar-refractivity contribution is 6.22. The number of rotatable bonds is 6. The maximum Gasteiger partial charge on any atom is 0.337 e. The molecule has 0 bridgehead atoms. The minimum absolute atomic E-state index is 0.221. The minimum atomic E-state index is -0.893. The molecule has 0 fully saturated rings. The zero-order valence-corrected chi connectivity index (χ0v) is 15.3. The van der Waals surface area contributed by atoms with Gasteiger partial charge >= 0.3 is 11.9 Å². The Morgan fingerprint density at radius 1 is 0.931 bits per heavy atom. The van der Waals surface area contributed by atoms with E-state index in [0.29, 0.717) is 11.3 Å². The molecule has 9 heteroatoms. The molecule has 148 valence electrons. The van der Waals surface area contributed by atoms with E-state index in [1.807, 2.05) is 0 Å². The largest absolute Gasteiger partial charge is 0.465 e. The van der Waals surface area contributed by atoms with Crippen LogP contribution in [0.3, 0.4) is 0 Å². The van der Waals surface area contributed by atoms with E-state index in [9.17, 15) is 24.0 Å². The van der Waals surface area contributed by atoms with E-state index in [1.165, 1.54) is 43.5 Å². The molecule has 0 radical (unpaired) electrons. The Bertz CT molecular complexity index is 963.